The molecule has 0 amide bonds. The van der Waals surface area contributed by atoms with Gasteiger partial charge in [-0.25, -0.2) is 9.50 Å². The van der Waals surface area contributed by atoms with Crippen LogP contribution in [0.5, 0.6) is 0 Å². The SMILES string of the molecule is NCCc1ccc2cncnn12. The highest BCUT2D eigenvalue weighted by Crippen LogP contribution is 2.06. The third-order valence-electron chi connectivity index (χ3n) is 1.80. The van der Waals surface area contributed by atoms with Crippen LogP contribution in [0.1, 0.15) is 5.69 Å². The van der Waals surface area contributed by atoms with Crippen LogP contribution in [-0.4, -0.2) is 21.1 Å². The maximum Gasteiger partial charge on any atom is 0.136 e. The quantitative estimate of drug-likeness (QED) is 0.687. The highest BCUT2D eigenvalue weighted by atomic mass is 15.2. The van der Waals surface area contributed by atoms with Gasteiger partial charge in [-0.05, 0) is 18.7 Å². The first-order valence-electron chi connectivity index (χ1n) is 3.88. The summed E-state index contributed by atoms with van der Waals surface area (Å²) in [6.07, 6.45) is 4.17. The minimum atomic E-state index is 0.649. The van der Waals surface area contributed by atoms with Crippen molar-refractivity contribution in [2.75, 3.05) is 6.54 Å². The fourth-order valence-corrected chi connectivity index (χ4v) is 1.26. The Labute approximate surface area is 70.0 Å². The van der Waals surface area contributed by atoms with Crippen molar-refractivity contribution in [3.05, 3.63) is 30.4 Å². The van der Waals surface area contributed by atoms with Gasteiger partial charge < -0.3 is 5.73 Å². The predicted octanol–water partition coefficient (Wildman–Crippen LogP) is 0.230. The minimum absolute atomic E-state index is 0.649. The van der Waals surface area contributed by atoms with Crippen LogP contribution < -0.4 is 5.73 Å². The molecule has 2 heterocycles. The summed E-state index contributed by atoms with van der Waals surface area (Å²) >= 11 is 0. The molecule has 0 radical (unpaired) electrons. The molecule has 2 aromatic heterocycles. The van der Waals surface area contributed by atoms with E-state index in [0.29, 0.717) is 6.54 Å². The predicted molar refractivity (Wildman–Crippen MR) is 45.7 cm³/mol. The standard InChI is InChI=1S/C8H10N4/c9-4-3-7-1-2-8-5-10-6-11-12(7)8/h1-2,5-6H,3-4,9H2. The van der Waals surface area contributed by atoms with Crippen molar-refractivity contribution in [2.45, 2.75) is 6.42 Å². The van der Waals surface area contributed by atoms with E-state index in [0.717, 1.165) is 17.6 Å². The van der Waals surface area contributed by atoms with Crippen LogP contribution in [0.2, 0.25) is 0 Å². The number of hydrogen-bond acceptors (Lipinski definition) is 3. The van der Waals surface area contributed by atoms with Crippen LogP contribution in [0.3, 0.4) is 0 Å². The van der Waals surface area contributed by atoms with Crippen molar-refractivity contribution in [3.63, 3.8) is 0 Å². The Bertz CT molecular complexity index is 379. The largest absolute Gasteiger partial charge is 0.330 e. The average molecular weight is 162 g/mol. The van der Waals surface area contributed by atoms with Gasteiger partial charge in [0.25, 0.3) is 0 Å². The van der Waals surface area contributed by atoms with E-state index in [-0.39, 0.29) is 0 Å². The second kappa shape index (κ2) is 2.91. The molecule has 0 aliphatic heterocycles. The number of fused-ring (bicyclic) bond motifs is 1. The summed E-state index contributed by atoms with van der Waals surface area (Å²) in [7, 11) is 0. The summed E-state index contributed by atoms with van der Waals surface area (Å²) in [6, 6.07) is 4.02. The minimum Gasteiger partial charge on any atom is -0.330 e. The molecule has 2 aromatic rings. The van der Waals surface area contributed by atoms with E-state index in [2.05, 4.69) is 10.1 Å². The molecular formula is C8H10N4. The Morgan fingerprint density at radius 2 is 2.33 bits per heavy atom. The first-order valence-corrected chi connectivity index (χ1v) is 3.88. The first kappa shape index (κ1) is 7.24. The lowest BCUT2D eigenvalue weighted by atomic mass is 10.3. The van der Waals surface area contributed by atoms with Gasteiger partial charge in [-0.3, -0.25) is 0 Å². The number of aromatic nitrogens is 3. The Hall–Kier alpha value is -1.42. The monoisotopic (exact) mass is 162 g/mol. The molecule has 4 heteroatoms. The summed E-state index contributed by atoms with van der Waals surface area (Å²) in [5, 5.41) is 4.11. The maximum atomic E-state index is 5.45. The summed E-state index contributed by atoms with van der Waals surface area (Å²) in [5.41, 5.74) is 7.60. The van der Waals surface area contributed by atoms with Gasteiger partial charge >= 0.3 is 0 Å². The van der Waals surface area contributed by atoms with Crippen LogP contribution in [0.4, 0.5) is 0 Å². The molecule has 0 saturated carbocycles. The molecule has 0 fully saturated rings. The third-order valence-corrected chi connectivity index (χ3v) is 1.80. The fraction of sp³-hybridized carbons (Fsp3) is 0.250. The smallest absolute Gasteiger partial charge is 0.136 e. The maximum absolute atomic E-state index is 5.45. The number of hydrogen-bond donors (Lipinski definition) is 1. The number of rotatable bonds is 2. The second-order valence-electron chi connectivity index (χ2n) is 2.61. The molecule has 0 aliphatic rings. The summed E-state index contributed by atoms with van der Waals surface area (Å²) in [6.45, 7) is 0.649. The summed E-state index contributed by atoms with van der Waals surface area (Å²) in [4.78, 5) is 3.92. The van der Waals surface area contributed by atoms with E-state index in [1.165, 1.54) is 6.33 Å². The van der Waals surface area contributed by atoms with Gasteiger partial charge in [0.2, 0.25) is 0 Å². The molecule has 0 unspecified atom stereocenters. The summed E-state index contributed by atoms with van der Waals surface area (Å²) in [5.74, 6) is 0. The second-order valence-corrected chi connectivity index (χ2v) is 2.61. The van der Waals surface area contributed by atoms with E-state index in [9.17, 15) is 0 Å². The Morgan fingerprint density at radius 1 is 1.42 bits per heavy atom. The average Bonchev–Trinajstić information content (AvgIpc) is 2.50. The molecule has 2 N–H and O–H groups in total. The normalized spacial score (nSPS) is 10.8. The van der Waals surface area contributed by atoms with Crippen LogP contribution in [-0.2, 0) is 6.42 Å². The number of nitrogens with two attached hydrogens (primary N) is 1. The molecule has 0 aromatic carbocycles. The van der Waals surface area contributed by atoms with Crippen molar-refractivity contribution >= 4 is 5.52 Å². The lowest BCUT2D eigenvalue weighted by Gasteiger charge is -1.97. The third kappa shape index (κ3) is 1.06. The van der Waals surface area contributed by atoms with Gasteiger partial charge in [-0.2, -0.15) is 5.10 Å². The Balaban J connectivity index is 2.55. The first-order chi connectivity index (χ1) is 5.92. The molecule has 0 bridgehead atoms. The zero-order chi connectivity index (χ0) is 8.39. The molecule has 12 heavy (non-hydrogen) atoms. The van der Waals surface area contributed by atoms with Crippen molar-refractivity contribution in [1.82, 2.24) is 14.6 Å². The fourth-order valence-electron chi connectivity index (χ4n) is 1.26. The van der Waals surface area contributed by atoms with Crippen LogP contribution in [0.25, 0.3) is 5.52 Å². The van der Waals surface area contributed by atoms with Crippen LogP contribution >= 0.6 is 0 Å². The highest BCUT2D eigenvalue weighted by Gasteiger charge is 1.99. The molecule has 2 rings (SSSR count). The molecule has 0 atom stereocenters. The van der Waals surface area contributed by atoms with Gasteiger partial charge in [-0.1, -0.05) is 0 Å². The van der Waals surface area contributed by atoms with Gasteiger partial charge in [0, 0.05) is 12.1 Å². The lowest BCUT2D eigenvalue weighted by Crippen LogP contribution is -2.06. The van der Waals surface area contributed by atoms with E-state index in [1.807, 2.05) is 16.6 Å². The van der Waals surface area contributed by atoms with Crippen LogP contribution in [0.15, 0.2) is 24.7 Å². The lowest BCUT2D eigenvalue weighted by molar-refractivity contribution is 0.811. The van der Waals surface area contributed by atoms with Gasteiger partial charge in [0.05, 0.1) is 11.7 Å². The highest BCUT2D eigenvalue weighted by molar-refractivity contribution is 5.45. The van der Waals surface area contributed by atoms with E-state index in [1.54, 1.807) is 6.20 Å². The van der Waals surface area contributed by atoms with Gasteiger partial charge in [0.1, 0.15) is 6.33 Å². The number of nitrogens with zero attached hydrogens (tertiary/aromatic N) is 3. The molecule has 4 nitrogen and oxygen atoms in total. The molecule has 0 spiro atoms. The zero-order valence-electron chi connectivity index (χ0n) is 6.64. The summed E-state index contributed by atoms with van der Waals surface area (Å²) < 4.78 is 1.86. The molecular weight excluding hydrogens is 152 g/mol. The van der Waals surface area contributed by atoms with Crippen molar-refractivity contribution in [1.29, 1.82) is 0 Å². The van der Waals surface area contributed by atoms with Gasteiger partial charge in [0.15, 0.2) is 0 Å². The van der Waals surface area contributed by atoms with Crippen molar-refractivity contribution in [2.24, 2.45) is 5.73 Å². The Morgan fingerprint density at radius 3 is 3.17 bits per heavy atom. The van der Waals surface area contributed by atoms with Crippen LogP contribution in [0, 0.1) is 0 Å². The van der Waals surface area contributed by atoms with Gasteiger partial charge in [-0.15, -0.1) is 0 Å². The molecule has 0 aliphatic carbocycles. The zero-order valence-corrected chi connectivity index (χ0v) is 6.64. The van der Waals surface area contributed by atoms with E-state index < -0.39 is 0 Å². The topological polar surface area (TPSA) is 56.2 Å². The van der Waals surface area contributed by atoms with Crippen molar-refractivity contribution in [3.8, 4) is 0 Å². The molecule has 62 valence electrons. The Kier molecular flexibility index (Phi) is 1.75. The van der Waals surface area contributed by atoms with E-state index >= 15 is 0 Å². The van der Waals surface area contributed by atoms with E-state index in [4.69, 9.17) is 5.73 Å². The molecule has 0 saturated heterocycles. The van der Waals surface area contributed by atoms with Crippen molar-refractivity contribution < 1.29 is 0 Å².